The van der Waals surface area contributed by atoms with Gasteiger partial charge in [-0.25, -0.2) is 0 Å². The lowest BCUT2D eigenvalue weighted by molar-refractivity contribution is 0.101. The minimum Gasteiger partial charge on any atom is -0.479 e. The van der Waals surface area contributed by atoms with E-state index in [2.05, 4.69) is 26.0 Å². The summed E-state index contributed by atoms with van der Waals surface area (Å²) in [6.07, 6.45) is 1.74. The summed E-state index contributed by atoms with van der Waals surface area (Å²) in [6, 6.07) is 14.9. The van der Waals surface area contributed by atoms with Gasteiger partial charge in [-0.05, 0) is 35.3 Å². The second kappa shape index (κ2) is 6.59. The number of carbonyl (C=O) groups is 1. The standard InChI is InChI=1S/C20H17NO3/c1-13(2)15-5-3-14(4-6-15)11-19-20(22)17-8-7-16(23-10-9-21)12-18(17)24-19/h3-8,11-13H,10H2,1-2H3/b19-11-. The second-order valence-corrected chi connectivity index (χ2v) is 5.87. The molecule has 0 aromatic heterocycles. The molecule has 0 spiro atoms. The van der Waals surface area contributed by atoms with Crippen molar-refractivity contribution < 1.29 is 14.3 Å². The molecule has 2 aromatic carbocycles. The molecule has 120 valence electrons. The zero-order valence-corrected chi connectivity index (χ0v) is 13.6. The summed E-state index contributed by atoms with van der Waals surface area (Å²) in [4.78, 5) is 12.4. The number of ether oxygens (including phenoxy) is 2. The van der Waals surface area contributed by atoms with Crippen LogP contribution in [0.1, 0.15) is 41.3 Å². The Bertz CT molecular complexity index is 842. The van der Waals surface area contributed by atoms with Crippen LogP contribution in [-0.2, 0) is 0 Å². The Kier molecular flexibility index (Phi) is 4.35. The smallest absolute Gasteiger partial charge is 0.231 e. The van der Waals surface area contributed by atoms with E-state index >= 15 is 0 Å². The van der Waals surface area contributed by atoms with Crippen LogP contribution in [0.2, 0.25) is 0 Å². The van der Waals surface area contributed by atoms with Crippen LogP contribution < -0.4 is 9.47 Å². The van der Waals surface area contributed by atoms with Crippen LogP contribution in [0.5, 0.6) is 11.5 Å². The van der Waals surface area contributed by atoms with Crippen molar-refractivity contribution in [1.29, 1.82) is 5.26 Å². The molecule has 4 heteroatoms. The summed E-state index contributed by atoms with van der Waals surface area (Å²) in [5, 5.41) is 8.55. The van der Waals surface area contributed by atoms with Gasteiger partial charge < -0.3 is 9.47 Å². The molecule has 0 aliphatic carbocycles. The van der Waals surface area contributed by atoms with Gasteiger partial charge in [0.2, 0.25) is 5.78 Å². The van der Waals surface area contributed by atoms with Gasteiger partial charge in [0.1, 0.15) is 17.6 Å². The molecule has 0 amide bonds. The van der Waals surface area contributed by atoms with E-state index in [9.17, 15) is 4.79 Å². The summed E-state index contributed by atoms with van der Waals surface area (Å²) in [7, 11) is 0. The molecule has 24 heavy (non-hydrogen) atoms. The van der Waals surface area contributed by atoms with Crippen LogP contribution in [0.25, 0.3) is 6.08 Å². The molecule has 0 atom stereocenters. The predicted molar refractivity (Wildman–Crippen MR) is 91.0 cm³/mol. The van der Waals surface area contributed by atoms with E-state index in [1.54, 1.807) is 24.3 Å². The maximum absolute atomic E-state index is 12.4. The lowest BCUT2D eigenvalue weighted by Crippen LogP contribution is -1.98. The van der Waals surface area contributed by atoms with E-state index in [-0.39, 0.29) is 12.4 Å². The Morgan fingerprint density at radius 2 is 1.96 bits per heavy atom. The Morgan fingerprint density at radius 3 is 2.62 bits per heavy atom. The molecule has 4 nitrogen and oxygen atoms in total. The summed E-state index contributed by atoms with van der Waals surface area (Å²) >= 11 is 0. The highest BCUT2D eigenvalue weighted by atomic mass is 16.5. The van der Waals surface area contributed by atoms with E-state index < -0.39 is 0 Å². The maximum Gasteiger partial charge on any atom is 0.231 e. The van der Waals surface area contributed by atoms with E-state index in [1.807, 2.05) is 18.2 Å². The van der Waals surface area contributed by atoms with Crippen LogP contribution in [0.3, 0.4) is 0 Å². The van der Waals surface area contributed by atoms with Crippen molar-refractivity contribution in [3.63, 3.8) is 0 Å². The van der Waals surface area contributed by atoms with Gasteiger partial charge in [-0.15, -0.1) is 0 Å². The topological polar surface area (TPSA) is 59.3 Å². The number of hydrogen-bond acceptors (Lipinski definition) is 4. The predicted octanol–water partition coefficient (Wildman–Crippen LogP) is 4.33. The third kappa shape index (κ3) is 3.16. The number of carbonyl (C=O) groups excluding carboxylic acids is 1. The lowest BCUT2D eigenvalue weighted by atomic mass is 10.0. The van der Waals surface area contributed by atoms with Crippen molar-refractivity contribution in [3.8, 4) is 17.6 Å². The lowest BCUT2D eigenvalue weighted by Gasteiger charge is -2.05. The number of hydrogen-bond donors (Lipinski definition) is 0. The fraction of sp³-hybridized carbons (Fsp3) is 0.200. The molecule has 0 unspecified atom stereocenters. The van der Waals surface area contributed by atoms with Gasteiger partial charge in [0.25, 0.3) is 0 Å². The van der Waals surface area contributed by atoms with Crippen LogP contribution >= 0.6 is 0 Å². The zero-order valence-electron chi connectivity index (χ0n) is 13.6. The van der Waals surface area contributed by atoms with E-state index in [0.29, 0.717) is 28.7 Å². The summed E-state index contributed by atoms with van der Waals surface area (Å²) in [6.45, 7) is 4.23. The molecule has 1 aliphatic heterocycles. The number of nitrogens with zero attached hydrogens (tertiary/aromatic N) is 1. The highest BCUT2D eigenvalue weighted by Gasteiger charge is 2.27. The molecule has 1 heterocycles. The van der Waals surface area contributed by atoms with Gasteiger partial charge in [0.05, 0.1) is 5.56 Å². The van der Waals surface area contributed by atoms with E-state index in [0.717, 1.165) is 5.56 Å². The zero-order chi connectivity index (χ0) is 17.1. The Labute approximate surface area is 140 Å². The average molecular weight is 319 g/mol. The van der Waals surface area contributed by atoms with Gasteiger partial charge in [0.15, 0.2) is 12.4 Å². The van der Waals surface area contributed by atoms with Crippen LogP contribution in [0.15, 0.2) is 48.2 Å². The molecular formula is C20H17NO3. The normalized spacial score (nSPS) is 14.4. The van der Waals surface area contributed by atoms with Crippen molar-refractivity contribution in [2.24, 2.45) is 0 Å². The molecule has 0 bridgehead atoms. The molecule has 0 fully saturated rings. The molecule has 2 aromatic rings. The quantitative estimate of drug-likeness (QED) is 0.787. The Balaban J connectivity index is 1.83. The highest BCUT2D eigenvalue weighted by molar-refractivity contribution is 6.14. The summed E-state index contributed by atoms with van der Waals surface area (Å²) in [5.74, 6) is 1.57. The number of allylic oxidation sites excluding steroid dienone is 1. The number of benzene rings is 2. The monoisotopic (exact) mass is 319 g/mol. The number of fused-ring (bicyclic) bond motifs is 1. The fourth-order valence-corrected chi connectivity index (χ4v) is 2.50. The van der Waals surface area contributed by atoms with Gasteiger partial charge >= 0.3 is 0 Å². The number of ketones is 1. The minimum absolute atomic E-state index is 0.0440. The van der Waals surface area contributed by atoms with Crippen molar-refractivity contribution >= 4 is 11.9 Å². The third-order valence-corrected chi connectivity index (χ3v) is 3.85. The average Bonchev–Trinajstić information content (AvgIpc) is 2.89. The number of nitriles is 1. The summed E-state index contributed by atoms with van der Waals surface area (Å²) < 4.78 is 10.9. The molecule has 3 rings (SSSR count). The Hall–Kier alpha value is -3.06. The SMILES string of the molecule is CC(C)c1ccc(/C=C2\Oc3cc(OCC#N)ccc3C2=O)cc1. The molecule has 0 saturated heterocycles. The molecule has 1 aliphatic rings. The van der Waals surface area contributed by atoms with Crippen molar-refractivity contribution in [3.05, 3.63) is 64.9 Å². The first-order valence-electron chi connectivity index (χ1n) is 7.76. The van der Waals surface area contributed by atoms with Gasteiger partial charge in [0, 0.05) is 6.07 Å². The minimum atomic E-state index is -0.148. The maximum atomic E-state index is 12.4. The number of rotatable bonds is 4. The largest absolute Gasteiger partial charge is 0.479 e. The van der Waals surface area contributed by atoms with Crippen LogP contribution in [0.4, 0.5) is 0 Å². The van der Waals surface area contributed by atoms with Gasteiger partial charge in [-0.1, -0.05) is 38.1 Å². The molecule has 0 saturated carbocycles. The second-order valence-electron chi connectivity index (χ2n) is 5.87. The Morgan fingerprint density at radius 1 is 1.21 bits per heavy atom. The first kappa shape index (κ1) is 15.8. The van der Waals surface area contributed by atoms with Crippen LogP contribution in [0, 0.1) is 11.3 Å². The number of Topliss-reactive ketones (excluding diaryl/α,β-unsaturated/α-hetero) is 1. The van der Waals surface area contributed by atoms with Gasteiger partial charge in [-0.3, -0.25) is 4.79 Å². The van der Waals surface area contributed by atoms with Crippen LogP contribution in [-0.4, -0.2) is 12.4 Å². The van der Waals surface area contributed by atoms with Crippen molar-refractivity contribution in [2.75, 3.05) is 6.61 Å². The molecule has 0 N–H and O–H groups in total. The highest BCUT2D eigenvalue weighted by Crippen LogP contribution is 2.34. The third-order valence-electron chi connectivity index (χ3n) is 3.85. The summed E-state index contributed by atoms with van der Waals surface area (Å²) in [5.41, 5.74) is 2.67. The first-order valence-corrected chi connectivity index (χ1v) is 7.76. The van der Waals surface area contributed by atoms with Gasteiger partial charge in [-0.2, -0.15) is 5.26 Å². The molecular weight excluding hydrogens is 302 g/mol. The van der Waals surface area contributed by atoms with E-state index in [4.69, 9.17) is 14.7 Å². The van der Waals surface area contributed by atoms with E-state index in [1.165, 1.54) is 5.56 Å². The van der Waals surface area contributed by atoms with Crippen molar-refractivity contribution in [1.82, 2.24) is 0 Å². The first-order chi connectivity index (χ1) is 11.6. The fourth-order valence-electron chi connectivity index (χ4n) is 2.50. The van der Waals surface area contributed by atoms with Crippen molar-refractivity contribution in [2.45, 2.75) is 19.8 Å². The molecule has 0 radical (unpaired) electrons.